The summed E-state index contributed by atoms with van der Waals surface area (Å²) in [7, 11) is 0. The number of pyridine rings is 1. The van der Waals surface area contributed by atoms with Gasteiger partial charge in [0.2, 0.25) is 0 Å². The van der Waals surface area contributed by atoms with Gasteiger partial charge in [0.15, 0.2) is 0 Å². The maximum Gasteiger partial charge on any atom is 0.341 e. The van der Waals surface area contributed by atoms with E-state index >= 15 is 0 Å². The normalized spacial score (nSPS) is 11.8. The number of carbonyl (C=O) groups excluding carboxylic acids is 1. The summed E-state index contributed by atoms with van der Waals surface area (Å²) in [5.41, 5.74) is 4.55. The van der Waals surface area contributed by atoms with Gasteiger partial charge in [0.25, 0.3) is 0 Å². The number of aryl methyl sites for hydroxylation is 1. The van der Waals surface area contributed by atoms with Crippen molar-refractivity contribution < 1.29 is 19.7 Å². The lowest BCUT2D eigenvalue weighted by molar-refractivity contribution is 0.0527. The minimum atomic E-state index is -0.952. The van der Waals surface area contributed by atoms with Gasteiger partial charge in [-0.15, -0.1) is 0 Å². The minimum absolute atomic E-state index is 0.126. The van der Waals surface area contributed by atoms with Gasteiger partial charge in [-0.3, -0.25) is 4.98 Å². The molecule has 0 aliphatic heterocycles. The van der Waals surface area contributed by atoms with E-state index in [-0.39, 0.29) is 12.4 Å². The van der Waals surface area contributed by atoms with Crippen LogP contribution in [-0.2, 0) is 4.74 Å². The Kier molecular flexibility index (Phi) is 6.05. The summed E-state index contributed by atoms with van der Waals surface area (Å²) >= 11 is 0. The quantitative estimate of drug-likeness (QED) is 0.363. The smallest absolute Gasteiger partial charge is 0.341 e. The van der Waals surface area contributed by atoms with E-state index < -0.39 is 12.1 Å². The predicted octanol–water partition coefficient (Wildman–Crippen LogP) is 5.25. The van der Waals surface area contributed by atoms with Crippen LogP contribution in [0.1, 0.15) is 40.1 Å². The Morgan fingerprint density at radius 2 is 1.81 bits per heavy atom. The van der Waals surface area contributed by atoms with Crippen LogP contribution >= 0.6 is 0 Å². The van der Waals surface area contributed by atoms with Crippen molar-refractivity contribution in [1.82, 2.24) is 4.98 Å². The molecule has 6 heteroatoms. The molecule has 3 N–H and O–H groups in total. The number of esters is 1. The summed E-state index contributed by atoms with van der Waals surface area (Å²) in [6.07, 6.45) is 0.528. The average Bonchev–Trinajstić information content (AvgIpc) is 2.80. The minimum Gasteiger partial charge on any atom is -0.508 e. The SMILES string of the molecule is CCOC(=O)c1cnc2c(C(O)c3ccc(O)cc3)cccc2c1Nc1ccccc1C. The van der Waals surface area contributed by atoms with Gasteiger partial charge in [0.1, 0.15) is 17.4 Å². The number of hydrogen-bond acceptors (Lipinski definition) is 6. The number of carbonyl (C=O) groups is 1. The maximum absolute atomic E-state index is 12.7. The Morgan fingerprint density at radius 1 is 1.06 bits per heavy atom. The highest BCUT2D eigenvalue weighted by Gasteiger charge is 2.21. The summed E-state index contributed by atoms with van der Waals surface area (Å²) in [6.45, 7) is 3.99. The molecule has 4 aromatic rings. The number of aliphatic hydroxyl groups excluding tert-OH is 1. The summed E-state index contributed by atoms with van der Waals surface area (Å²) in [6, 6.07) is 19.7. The van der Waals surface area contributed by atoms with Gasteiger partial charge >= 0.3 is 5.97 Å². The van der Waals surface area contributed by atoms with Crippen LogP contribution in [0, 0.1) is 6.92 Å². The van der Waals surface area contributed by atoms with E-state index in [0.29, 0.717) is 33.3 Å². The molecule has 0 amide bonds. The lowest BCUT2D eigenvalue weighted by Gasteiger charge is -2.18. The standard InChI is InChI=1S/C26H24N2O4/c1-3-32-26(31)21-15-27-23-19(24(21)28-22-10-5-4-7-16(22)2)8-6-9-20(23)25(30)17-11-13-18(29)14-12-17/h4-15,25,29-30H,3H2,1-2H3,(H,27,28). The monoisotopic (exact) mass is 428 g/mol. The van der Waals surface area contributed by atoms with Gasteiger partial charge in [-0.25, -0.2) is 4.79 Å². The van der Waals surface area contributed by atoms with Crippen molar-refractivity contribution in [3.63, 3.8) is 0 Å². The molecular formula is C26H24N2O4. The number of rotatable bonds is 6. The number of aromatic hydroxyl groups is 1. The number of phenolic OH excluding ortho intramolecular Hbond substituents is 1. The van der Waals surface area contributed by atoms with E-state index in [9.17, 15) is 15.0 Å². The van der Waals surface area contributed by atoms with Crippen molar-refractivity contribution >= 4 is 28.2 Å². The van der Waals surface area contributed by atoms with Crippen LogP contribution < -0.4 is 5.32 Å². The van der Waals surface area contributed by atoms with Crippen molar-refractivity contribution in [3.8, 4) is 5.75 Å². The molecule has 32 heavy (non-hydrogen) atoms. The summed E-state index contributed by atoms with van der Waals surface area (Å²) < 4.78 is 5.25. The Balaban J connectivity index is 1.89. The third-order valence-electron chi connectivity index (χ3n) is 5.33. The van der Waals surface area contributed by atoms with Gasteiger partial charge in [-0.2, -0.15) is 0 Å². The van der Waals surface area contributed by atoms with Crippen molar-refractivity contribution in [2.45, 2.75) is 20.0 Å². The number of nitrogens with zero attached hydrogens (tertiary/aromatic N) is 1. The number of benzene rings is 3. The third-order valence-corrected chi connectivity index (χ3v) is 5.33. The number of ether oxygens (including phenoxy) is 1. The largest absolute Gasteiger partial charge is 0.508 e. The number of hydrogen-bond donors (Lipinski definition) is 3. The molecule has 0 fully saturated rings. The molecule has 0 saturated heterocycles. The molecule has 1 atom stereocenters. The topological polar surface area (TPSA) is 91.7 Å². The van der Waals surface area contributed by atoms with Crippen LogP contribution in [0.2, 0.25) is 0 Å². The van der Waals surface area contributed by atoms with Crippen LogP contribution in [0.5, 0.6) is 5.75 Å². The second-order valence-corrected chi connectivity index (χ2v) is 7.44. The molecule has 1 unspecified atom stereocenters. The zero-order chi connectivity index (χ0) is 22.7. The number of anilines is 2. The Morgan fingerprint density at radius 3 is 2.53 bits per heavy atom. The van der Waals surface area contributed by atoms with Crippen molar-refractivity contribution in [1.29, 1.82) is 0 Å². The summed E-state index contributed by atoms with van der Waals surface area (Å²) in [5, 5.41) is 24.7. The number of para-hydroxylation sites is 2. The molecule has 0 bridgehead atoms. The van der Waals surface area contributed by atoms with Crippen molar-refractivity contribution in [3.05, 3.63) is 95.2 Å². The van der Waals surface area contributed by atoms with Gasteiger partial charge in [0, 0.05) is 22.8 Å². The molecule has 0 aliphatic carbocycles. The number of aromatic nitrogens is 1. The maximum atomic E-state index is 12.7. The molecule has 162 valence electrons. The molecule has 4 rings (SSSR count). The van der Waals surface area contributed by atoms with Gasteiger partial charge in [0.05, 0.1) is 17.8 Å². The number of fused-ring (bicyclic) bond motifs is 1. The van der Waals surface area contributed by atoms with Crippen molar-refractivity contribution in [2.75, 3.05) is 11.9 Å². The first kappa shape index (κ1) is 21.3. The average molecular weight is 428 g/mol. The van der Waals surface area contributed by atoms with Gasteiger partial charge < -0.3 is 20.3 Å². The fraction of sp³-hybridized carbons (Fsp3) is 0.154. The number of nitrogens with one attached hydrogen (secondary N) is 1. The molecule has 6 nitrogen and oxygen atoms in total. The fourth-order valence-corrected chi connectivity index (χ4v) is 3.65. The second kappa shape index (κ2) is 9.08. The summed E-state index contributed by atoms with van der Waals surface area (Å²) in [4.78, 5) is 17.2. The van der Waals surface area contributed by atoms with E-state index in [1.807, 2.05) is 43.3 Å². The molecule has 0 spiro atoms. The molecule has 0 saturated carbocycles. The zero-order valence-electron chi connectivity index (χ0n) is 17.9. The molecule has 0 aliphatic rings. The Bertz CT molecular complexity index is 1270. The highest BCUT2D eigenvalue weighted by atomic mass is 16.5. The molecule has 3 aromatic carbocycles. The van der Waals surface area contributed by atoms with Crippen LogP contribution in [0.15, 0.2) is 72.9 Å². The molecule has 0 radical (unpaired) electrons. The number of aliphatic hydroxyl groups is 1. The summed E-state index contributed by atoms with van der Waals surface area (Å²) in [5.74, 6) is -0.344. The van der Waals surface area contributed by atoms with E-state index in [0.717, 1.165) is 11.3 Å². The van der Waals surface area contributed by atoms with Crippen LogP contribution in [-0.4, -0.2) is 27.8 Å². The molecule has 1 aromatic heterocycles. The molecular weight excluding hydrogens is 404 g/mol. The Hall–Kier alpha value is -3.90. The first-order chi connectivity index (χ1) is 15.5. The van der Waals surface area contributed by atoms with Crippen LogP contribution in [0.25, 0.3) is 10.9 Å². The third kappa shape index (κ3) is 4.13. The van der Waals surface area contributed by atoms with E-state index in [2.05, 4.69) is 10.3 Å². The first-order valence-corrected chi connectivity index (χ1v) is 10.4. The fourth-order valence-electron chi connectivity index (χ4n) is 3.65. The van der Waals surface area contributed by atoms with E-state index in [1.54, 1.807) is 25.1 Å². The molecule has 1 heterocycles. The van der Waals surface area contributed by atoms with Crippen molar-refractivity contribution in [2.24, 2.45) is 0 Å². The second-order valence-electron chi connectivity index (χ2n) is 7.44. The Labute approximate surface area is 186 Å². The highest BCUT2D eigenvalue weighted by Crippen LogP contribution is 2.35. The van der Waals surface area contributed by atoms with Gasteiger partial charge in [-0.05, 0) is 43.2 Å². The zero-order valence-corrected chi connectivity index (χ0v) is 17.9. The van der Waals surface area contributed by atoms with Gasteiger partial charge in [-0.1, -0.05) is 48.5 Å². The van der Waals surface area contributed by atoms with E-state index in [4.69, 9.17) is 4.74 Å². The highest BCUT2D eigenvalue weighted by molar-refractivity contribution is 6.06. The van der Waals surface area contributed by atoms with E-state index in [1.165, 1.54) is 18.3 Å². The lowest BCUT2D eigenvalue weighted by Crippen LogP contribution is -2.10. The first-order valence-electron chi connectivity index (χ1n) is 10.4. The lowest BCUT2D eigenvalue weighted by atomic mass is 9.97. The predicted molar refractivity (Wildman–Crippen MR) is 124 cm³/mol. The van der Waals surface area contributed by atoms with Crippen LogP contribution in [0.4, 0.5) is 11.4 Å². The number of phenols is 1. The van der Waals surface area contributed by atoms with Crippen LogP contribution in [0.3, 0.4) is 0 Å².